The van der Waals surface area contributed by atoms with Crippen LogP contribution in [-0.2, 0) is 9.59 Å². The average molecular weight is 356 g/mol. The molecule has 0 saturated heterocycles. The van der Waals surface area contributed by atoms with Crippen LogP contribution >= 0.6 is 11.6 Å². The first-order valence-corrected chi connectivity index (χ1v) is 8.03. The van der Waals surface area contributed by atoms with Crippen LogP contribution in [0.4, 0.5) is 0 Å². The number of unbranched alkanes of at least 4 members (excludes halogenated alkanes) is 1. The Bertz CT molecular complexity index is 601. The molecule has 0 aliphatic carbocycles. The monoisotopic (exact) mass is 355 g/mol. The highest BCUT2D eigenvalue weighted by Crippen LogP contribution is 2.36. The standard InChI is InChI=1S/C17H22ClNO5/c1-3-24-17-13(18)10-12(11-14(17)23-2)7-8-15(20)19-9-5-4-6-16(21)22/h7-8,10-11H,3-6,9H2,1-2H3,(H,19,20)(H,21,22)/b8-7+. The van der Waals surface area contributed by atoms with Crippen LogP contribution in [0.5, 0.6) is 11.5 Å². The van der Waals surface area contributed by atoms with Gasteiger partial charge >= 0.3 is 5.97 Å². The fourth-order valence-electron chi connectivity index (χ4n) is 1.96. The second-order valence-electron chi connectivity index (χ2n) is 4.94. The predicted octanol–water partition coefficient (Wildman–Crippen LogP) is 3.13. The Hall–Kier alpha value is -2.21. The molecule has 1 amide bonds. The maximum Gasteiger partial charge on any atom is 0.303 e. The van der Waals surface area contributed by atoms with Crippen LogP contribution < -0.4 is 14.8 Å². The molecule has 0 aromatic heterocycles. The summed E-state index contributed by atoms with van der Waals surface area (Å²) in [6.07, 6.45) is 4.27. The highest BCUT2D eigenvalue weighted by molar-refractivity contribution is 6.32. The normalized spacial score (nSPS) is 10.6. The van der Waals surface area contributed by atoms with Crippen LogP contribution in [0.1, 0.15) is 31.7 Å². The molecular weight excluding hydrogens is 334 g/mol. The highest BCUT2D eigenvalue weighted by Gasteiger charge is 2.10. The largest absolute Gasteiger partial charge is 0.493 e. The summed E-state index contributed by atoms with van der Waals surface area (Å²) in [5.41, 5.74) is 0.710. The average Bonchev–Trinajstić information content (AvgIpc) is 2.54. The van der Waals surface area contributed by atoms with E-state index in [0.717, 1.165) is 0 Å². The first-order chi connectivity index (χ1) is 11.5. The van der Waals surface area contributed by atoms with Crippen molar-refractivity contribution >= 4 is 29.6 Å². The number of carbonyl (C=O) groups excluding carboxylic acids is 1. The van der Waals surface area contributed by atoms with Gasteiger partial charge in [-0.2, -0.15) is 0 Å². The maximum atomic E-state index is 11.7. The highest BCUT2D eigenvalue weighted by atomic mass is 35.5. The summed E-state index contributed by atoms with van der Waals surface area (Å²) in [4.78, 5) is 22.1. The number of rotatable bonds is 10. The number of ether oxygens (including phenoxy) is 2. The lowest BCUT2D eigenvalue weighted by atomic mass is 10.2. The molecule has 0 aliphatic heterocycles. The lowest BCUT2D eigenvalue weighted by Gasteiger charge is -2.11. The Balaban J connectivity index is 2.58. The van der Waals surface area contributed by atoms with Crippen molar-refractivity contribution < 1.29 is 24.2 Å². The molecule has 6 nitrogen and oxygen atoms in total. The molecule has 1 rings (SSSR count). The molecule has 0 spiro atoms. The molecule has 0 radical (unpaired) electrons. The number of carbonyl (C=O) groups is 2. The van der Waals surface area contributed by atoms with Gasteiger partial charge in [0, 0.05) is 19.0 Å². The van der Waals surface area contributed by atoms with Crippen molar-refractivity contribution in [3.05, 3.63) is 28.8 Å². The van der Waals surface area contributed by atoms with Crippen LogP contribution in [0.3, 0.4) is 0 Å². The van der Waals surface area contributed by atoms with Crippen molar-refractivity contribution in [3.8, 4) is 11.5 Å². The van der Waals surface area contributed by atoms with E-state index >= 15 is 0 Å². The summed E-state index contributed by atoms with van der Waals surface area (Å²) in [5, 5.41) is 11.6. The minimum atomic E-state index is -0.831. The van der Waals surface area contributed by atoms with Gasteiger partial charge in [-0.15, -0.1) is 0 Å². The van der Waals surface area contributed by atoms with Crippen molar-refractivity contribution in [2.24, 2.45) is 0 Å². The minimum absolute atomic E-state index is 0.107. The van der Waals surface area contributed by atoms with E-state index in [-0.39, 0.29) is 12.3 Å². The molecule has 1 aromatic rings. The van der Waals surface area contributed by atoms with Gasteiger partial charge in [0.2, 0.25) is 5.91 Å². The van der Waals surface area contributed by atoms with Crippen molar-refractivity contribution in [1.29, 1.82) is 0 Å². The van der Waals surface area contributed by atoms with Gasteiger partial charge in [0.1, 0.15) is 0 Å². The zero-order chi connectivity index (χ0) is 17.9. The van der Waals surface area contributed by atoms with Gasteiger partial charge in [-0.25, -0.2) is 0 Å². The Morgan fingerprint density at radius 1 is 1.33 bits per heavy atom. The molecule has 0 unspecified atom stereocenters. The van der Waals surface area contributed by atoms with Gasteiger partial charge in [-0.05, 0) is 43.5 Å². The van der Waals surface area contributed by atoms with E-state index in [4.69, 9.17) is 26.2 Å². The fraction of sp³-hybridized carbons (Fsp3) is 0.412. The molecule has 24 heavy (non-hydrogen) atoms. The van der Waals surface area contributed by atoms with Gasteiger partial charge in [-0.1, -0.05) is 11.6 Å². The number of nitrogens with one attached hydrogen (secondary N) is 1. The number of amides is 1. The molecule has 0 atom stereocenters. The van der Waals surface area contributed by atoms with E-state index in [1.165, 1.54) is 13.2 Å². The van der Waals surface area contributed by atoms with Crippen molar-refractivity contribution in [3.63, 3.8) is 0 Å². The Kier molecular flexibility index (Phi) is 8.71. The SMILES string of the molecule is CCOc1c(Cl)cc(/C=C/C(=O)NCCCCC(=O)O)cc1OC. The molecule has 0 fully saturated rings. The first-order valence-electron chi connectivity index (χ1n) is 7.66. The fourth-order valence-corrected chi connectivity index (χ4v) is 2.24. The number of aliphatic carboxylic acids is 1. The van der Waals surface area contributed by atoms with Crippen LogP contribution in [0.15, 0.2) is 18.2 Å². The third-order valence-electron chi connectivity index (χ3n) is 3.08. The summed E-state index contributed by atoms with van der Waals surface area (Å²) in [7, 11) is 1.52. The summed E-state index contributed by atoms with van der Waals surface area (Å²) in [6.45, 7) is 2.75. The van der Waals surface area contributed by atoms with E-state index in [2.05, 4.69) is 5.32 Å². The summed E-state index contributed by atoms with van der Waals surface area (Å²) >= 11 is 6.16. The molecule has 7 heteroatoms. The molecule has 0 aliphatic rings. The number of carboxylic acids is 1. The zero-order valence-corrected chi connectivity index (χ0v) is 14.6. The quantitative estimate of drug-likeness (QED) is 0.497. The third-order valence-corrected chi connectivity index (χ3v) is 3.37. The predicted molar refractivity (Wildman–Crippen MR) is 92.7 cm³/mol. The molecule has 0 saturated carbocycles. The second kappa shape index (κ2) is 10.5. The molecule has 1 aromatic carbocycles. The maximum absolute atomic E-state index is 11.7. The lowest BCUT2D eigenvalue weighted by molar-refractivity contribution is -0.137. The van der Waals surface area contributed by atoms with E-state index in [0.29, 0.717) is 48.1 Å². The Labute approximate surface area is 146 Å². The van der Waals surface area contributed by atoms with Crippen LogP contribution in [0.25, 0.3) is 6.08 Å². The molecular formula is C17H22ClNO5. The zero-order valence-electron chi connectivity index (χ0n) is 13.8. The number of halogens is 1. The molecule has 0 heterocycles. The van der Waals surface area contributed by atoms with Gasteiger partial charge in [-0.3, -0.25) is 9.59 Å². The number of methoxy groups -OCH3 is 1. The second-order valence-corrected chi connectivity index (χ2v) is 5.35. The van der Waals surface area contributed by atoms with E-state index < -0.39 is 5.97 Å². The van der Waals surface area contributed by atoms with Crippen LogP contribution in [0.2, 0.25) is 5.02 Å². The molecule has 0 bridgehead atoms. The number of carboxylic acid groups (broad SMARTS) is 1. The van der Waals surface area contributed by atoms with Gasteiger partial charge in [0.05, 0.1) is 18.7 Å². The summed E-state index contributed by atoms with van der Waals surface area (Å²) in [5.74, 6) is -0.114. The smallest absolute Gasteiger partial charge is 0.303 e. The number of hydrogen-bond donors (Lipinski definition) is 2. The van der Waals surface area contributed by atoms with Crippen molar-refractivity contribution in [1.82, 2.24) is 5.32 Å². The van der Waals surface area contributed by atoms with E-state index in [1.807, 2.05) is 6.92 Å². The number of benzene rings is 1. The van der Waals surface area contributed by atoms with Crippen LogP contribution in [0, 0.1) is 0 Å². The molecule has 2 N–H and O–H groups in total. The first kappa shape index (κ1) is 19.8. The lowest BCUT2D eigenvalue weighted by Crippen LogP contribution is -2.22. The van der Waals surface area contributed by atoms with E-state index in [9.17, 15) is 9.59 Å². The third kappa shape index (κ3) is 6.91. The Morgan fingerprint density at radius 2 is 2.08 bits per heavy atom. The van der Waals surface area contributed by atoms with Crippen molar-refractivity contribution in [2.75, 3.05) is 20.3 Å². The minimum Gasteiger partial charge on any atom is -0.493 e. The summed E-state index contributed by atoms with van der Waals surface area (Å²) < 4.78 is 10.7. The van der Waals surface area contributed by atoms with Crippen molar-refractivity contribution in [2.45, 2.75) is 26.2 Å². The van der Waals surface area contributed by atoms with E-state index in [1.54, 1.807) is 18.2 Å². The Morgan fingerprint density at radius 3 is 2.71 bits per heavy atom. The van der Waals surface area contributed by atoms with Crippen LogP contribution in [-0.4, -0.2) is 37.2 Å². The molecule has 132 valence electrons. The van der Waals surface area contributed by atoms with Gasteiger partial charge < -0.3 is 19.9 Å². The topological polar surface area (TPSA) is 84.9 Å². The van der Waals surface area contributed by atoms with Gasteiger partial charge in [0.15, 0.2) is 11.5 Å². The number of hydrogen-bond acceptors (Lipinski definition) is 4. The summed E-state index contributed by atoms with van der Waals surface area (Å²) in [6, 6.07) is 3.42. The van der Waals surface area contributed by atoms with Gasteiger partial charge in [0.25, 0.3) is 0 Å².